The van der Waals surface area contributed by atoms with E-state index in [1.807, 2.05) is 18.0 Å². The number of carbonyl (C=O) groups is 1. The molecule has 1 unspecified atom stereocenters. The highest BCUT2D eigenvalue weighted by Gasteiger charge is 2.24. The van der Waals surface area contributed by atoms with Gasteiger partial charge in [-0.2, -0.15) is 0 Å². The molecule has 5 nitrogen and oxygen atoms in total. The predicted octanol–water partition coefficient (Wildman–Crippen LogP) is 2.03. The maximum Gasteiger partial charge on any atom is 0.222 e. The summed E-state index contributed by atoms with van der Waals surface area (Å²) in [5, 5.41) is 0. The number of nitrogens with zero attached hydrogens (tertiary/aromatic N) is 3. The van der Waals surface area contributed by atoms with Crippen molar-refractivity contribution in [2.45, 2.75) is 46.1 Å². The molecule has 118 valence electrons. The van der Waals surface area contributed by atoms with Crippen molar-refractivity contribution in [3.8, 4) is 0 Å². The predicted molar refractivity (Wildman–Crippen MR) is 82.1 cm³/mol. The van der Waals surface area contributed by atoms with Gasteiger partial charge in [0.25, 0.3) is 0 Å². The van der Waals surface area contributed by atoms with Gasteiger partial charge in [-0.15, -0.1) is 0 Å². The molecule has 1 aliphatic rings. The van der Waals surface area contributed by atoms with E-state index in [2.05, 4.69) is 16.5 Å². The van der Waals surface area contributed by atoms with E-state index in [0.29, 0.717) is 18.9 Å². The number of methoxy groups -OCH3 is 1. The Kier molecular flexibility index (Phi) is 5.79. The zero-order chi connectivity index (χ0) is 15.2. The number of aromatic nitrogens is 2. The lowest BCUT2D eigenvalue weighted by Crippen LogP contribution is -2.40. The number of imidazole rings is 1. The maximum absolute atomic E-state index is 11.9. The lowest BCUT2D eigenvalue weighted by molar-refractivity contribution is -0.132. The van der Waals surface area contributed by atoms with E-state index in [0.717, 1.165) is 38.3 Å². The van der Waals surface area contributed by atoms with Crippen molar-refractivity contribution in [2.75, 3.05) is 26.8 Å². The second-order valence-corrected chi connectivity index (χ2v) is 5.87. The van der Waals surface area contributed by atoms with E-state index < -0.39 is 0 Å². The van der Waals surface area contributed by atoms with E-state index in [9.17, 15) is 4.79 Å². The van der Waals surface area contributed by atoms with E-state index in [1.54, 1.807) is 7.11 Å². The average Bonchev–Trinajstić information content (AvgIpc) is 2.85. The lowest BCUT2D eigenvalue weighted by Gasteiger charge is -2.32. The zero-order valence-electron chi connectivity index (χ0n) is 13.5. The van der Waals surface area contributed by atoms with Crippen LogP contribution in [0, 0.1) is 12.8 Å². The smallest absolute Gasteiger partial charge is 0.222 e. The molecule has 0 N–H and O–H groups in total. The van der Waals surface area contributed by atoms with Gasteiger partial charge in [-0.05, 0) is 25.7 Å². The fourth-order valence-corrected chi connectivity index (χ4v) is 3.10. The number of likely N-dealkylation sites (tertiary alicyclic amines) is 1. The van der Waals surface area contributed by atoms with Crippen LogP contribution in [-0.4, -0.2) is 47.2 Å². The molecule has 1 aromatic rings. The van der Waals surface area contributed by atoms with Crippen LogP contribution in [0.3, 0.4) is 0 Å². The molecule has 1 amide bonds. The van der Waals surface area contributed by atoms with E-state index >= 15 is 0 Å². The van der Waals surface area contributed by atoms with Crippen LogP contribution in [0.2, 0.25) is 0 Å². The van der Waals surface area contributed by atoms with Crippen LogP contribution >= 0.6 is 0 Å². The molecule has 2 rings (SSSR count). The van der Waals surface area contributed by atoms with Crippen LogP contribution in [0.15, 0.2) is 6.20 Å². The van der Waals surface area contributed by atoms with Gasteiger partial charge in [0.1, 0.15) is 5.82 Å². The Morgan fingerprint density at radius 2 is 2.33 bits per heavy atom. The Morgan fingerprint density at radius 1 is 1.52 bits per heavy atom. The fourth-order valence-electron chi connectivity index (χ4n) is 3.10. The minimum Gasteiger partial charge on any atom is -0.383 e. The summed E-state index contributed by atoms with van der Waals surface area (Å²) in [4.78, 5) is 18.4. The fraction of sp³-hybridized carbons (Fsp3) is 0.750. The van der Waals surface area contributed by atoms with Crippen molar-refractivity contribution in [1.29, 1.82) is 0 Å². The van der Waals surface area contributed by atoms with Crippen LogP contribution < -0.4 is 0 Å². The van der Waals surface area contributed by atoms with Gasteiger partial charge >= 0.3 is 0 Å². The van der Waals surface area contributed by atoms with Crippen LogP contribution in [0.1, 0.15) is 37.7 Å². The molecule has 0 radical (unpaired) electrons. The molecule has 1 aromatic heterocycles. The molecular weight excluding hydrogens is 266 g/mol. The van der Waals surface area contributed by atoms with Gasteiger partial charge in [0.05, 0.1) is 6.61 Å². The highest BCUT2D eigenvalue weighted by atomic mass is 16.5. The Balaban J connectivity index is 1.99. The molecular formula is C16H27N3O2. The van der Waals surface area contributed by atoms with Crippen LogP contribution in [0.25, 0.3) is 0 Å². The summed E-state index contributed by atoms with van der Waals surface area (Å²) in [6, 6.07) is 0. The van der Waals surface area contributed by atoms with Gasteiger partial charge in [0.15, 0.2) is 0 Å². The molecule has 21 heavy (non-hydrogen) atoms. The topological polar surface area (TPSA) is 47.4 Å². The average molecular weight is 293 g/mol. The van der Waals surface area contributed by atoms with Crippen molar-refractivity contribution in [1.82, 2.24) is 14.5 Å². The normalized spacial score (nSPS) is 19.0. The summed E-state index contributed by atoms with van der Waals surface area (Å²) in [5.74, 6) is 1.93. The molecule has 2 heterocycles. The number of ether oxygens (including phenoxy) is 1. The Hall–Kier alpha value is -1.36. The quantitative estimate of drug-likeness (QED) is 0.806. The molecule has 0 saturated carbocycles. The third-order valence-electron chi connectivity index (χ3n) is 4.30. The van der Waals surface area contributed by atoms with Gasteiger partial charge in [-0.25, -0.2) is 4.98 Å². The third-order valence-corrected chi connectivity index (χ3v) is 4.30. The standard InChI is InChI=1S/C16H27N3O2/c1-4-16(20)18-7-5-6-14(12-18)10-15-17-11-13(2)19(15)8-9-21-3/h11,14H,4-10,12H2,1-3H3. The summed E-state index contributed by atoms with van der Waals surface area (Å²) < 4.78 is 7.42. The van der Waals surface area contributed by atoms with Gasteiger partial charge in [0.2, 0.25) is 5.91 Å². The summed E-state index contributed by atoms with van der Waals surface area (Å²) >= 11 is 0. The van der Waals surface area contributed by atoms with E-state index in [1.165, 1.54) is 12.1 Å². The second-order valence-electron chi connectivity index (χ2n) is 5.87. The maximum atomic E-state index is 11.9. The van der Waals surface area contributed by atoms with Crippen LogP contribution in [0.5, 0.6) is 0 Å². The van der Waals surface area contributed by atoms with Gasteiger partial charge < -0.3 is 14.2 Å². The number of rotatable bonds is 6. The van der Waals surface area contributed by atoms with Crippen molar-refractivity contribution in [3.05, 3.63) is 17.7 Å². The largest absolute Gasteiger partial charge is 0.383 e. The van der Waals surface area contributed by atoms with Gasteiger partial charge in [0, 0.05) is 51.5 Å². The van der Waals surface area contributed by atoms with E-state index in [-0.39, 0.29) is 5.91 Å². The number of piperidine rings is 1. The summed E-state index contributed by atoms with van der Waals surface area (Å²) in [5.41, 5.74) is 1.18. The SMILES string of the molecule is CCC(=O)N1CCCC(Cc2ncc(C)n2CCOC)C1. The number of hydrogen-bond donors (Lipinski definition) is 0. The van der Waals surface area contributed by atoms with Crippen molar-refractivity contribution in [2.24, 2.45) is 5.92 Å². The van der Waals surface area contributed by atoms with Gasteiger partial charge in [-0.1, -0.05) is 6.92 Å². The Morgan fingerprint density at radius 3 is 3.05 bits per heavy atom. The zero-order valence-corrected chi connectivity index (χ0v) is 13.5. The number of aryl methyl sites for hydroxylation is 1. The lowest BCUT2D eigenvalue weighted by atomic mass is 9.94. The molecule has 1 aliphatic heterocycles. The minimum atomic E-state index is 0.276. The number of hydrogen-bond acceptors (Lipinski definition) is 3. The monoisotopic (exact) mass is 293 g/mol. The summed E-state index contributed by atoms with van der Waals surface area (Å²) in [7, 11) is 1.72. The van der Waals surface area contributed by atoms with Gasteiger partial charge in [-0.3, -0.25) is 4.79 Å². The Bertz CT molecular complexity index is 470. The molecule has 0 aromatic carbocycles. The molecule has 0 bridgehead atoms. The first-order valence-electron chi connectivity index (χ1n) is 7.93. The highest BCUT2D eigenvalue weighted by molar-refractivity contribution is 5.75. The molecule has 5 heteroatoms. The highest BCUT2D eigenvalue weighted by Crippen LogP contribution is 2.21. The minimum absolute atomic E-state index is 0.276. The van der Waals surface area contributed by atoms with E-state index in [4.69, 9.17) is 4.74 Å². The molecule has 1 atom stereocenters. The first-order chi connectivity index (χ1) is 10.2. The third kappa shape index (κ3) is 4.06. The van der Waals surface area contributed by atoms with Crippen LogP contribution in [-0.2, 0) is 22.5 Å². The first-order valence-corrected chi connectivity index (χ1v) is 7.93. The Labute approximate surface area is 127 Å². The summed E-state index contributed by atoms with van der Waals surface area (Å²) in [6.07, 6.45) is 5.78. The summed E-state index contributed by atoms with van der Waals surface area (Å²) in [6.45, 7) is 7.37. The molecule has 0 aliphatic carbocycles. The van der Waals surface area contributed by atoms with Crippen LogP contribution in [0.4, 0.5) is 0 Å². The second kappa shape index (κ2) is 7.59. The van der Waals surface area contributed by atoms with Crippen molar-refractivity contribution < 1.29 is 9.53 Å². The first kappa shape index (κ1) is 16.0. The van der Waals surface area contributed by atoms with Crippen molar-refractivity contribution >= 4 is 5.91 Å². The molecule has 0 spiro atoms. The molecule has 1 fully saturated rings. The van der Waals surface area contributed by atoms with Crippen molar-refractivity contribution in [3.63, 3.8) is 0 Å². The molecule has 1 saturated heterocycles. The number of carbonyl (C=O) groups excluding carboxylic acids is 1. The number of amides is 1.